The van der Waals surface area contributed by atoms with E-state index in [0.717, 1.165) is 21.3 Å². The van der Waals surface area contributed by atoms with Crippen LogP contribution in [0.4, 0.5) is 5.69 Å². The molecule has 0 spiro atoms. The molecule has 3 aromatic rings. The summed E-state index contributed by atoms with van der Waals surface area (Å²) in [6, 6.07) is 13.0. The summed E-state index contributed by atoms with van der Waals surface area (Å²) in [5, 5.41) is 5.00. The summed E-state index contributed by atoms with van der Waals surface area (Å²) in [6.45, 7) is 1.96. The van der Waals surface area contributed by atoms with Gasteiger partial charge >= 0.3 is 0 Å². The highest BCUT2D eigenvalue weighted by Crippen LogP contribution is 2.36. The Bertz CT molecular complexity index is 972. The van der Waals surface area contributed by atoms with Crippen molar-refractivity contribution in [2.75, 3.05) is 5.32 Å². The maximum Gasteiger partial charge on any atom is 0.281 e. The SMILES string of the molecule is Cc1ccccc1NC(=S)NNC(=O)c1sc2ccc(Cl)cc2c1Cl. The third kappa shape index (κ3) is 4.04. The number of thiocarbonyl (C=S) groups is 1. The quantitative estimate of drug-likeness (QED) is 0.404. The van der Waals surface area contributed by atoms with Gasteiger partial charge in [-0.25, -0.2) is 0 Å². The second-order valence-corrected chi connectivity index (χ2v) is 7.51. The van der Waals surface area contributed by atoms with Gasteiger partial charge in [-0.15, -0.1) is 11.3 Å². The van der Waals surface area contributed by atoms with Crippen molar-refractivity contribution in [1.29, 1.82) is 0 Å². The fraction of sp³-hybridized carbons (Fsp3) is 0.0588. The number of nitrogens with one attached hydrogen (secondary N) is 3. The van der Waals surface area contributed by atoms with Gasteiger partial charge < -0.3 is 5.32 Å². The number of carbonyl (C=O) groups is 1. The molecule has 0 radical (unpaired) electrons. The Balaban J connectivity index is 1.67. The maximum atomic E-state index is 12.4. The van der Waals surface area contributed by atoms with Crippen LogP contribution in [-0.4, -0.2) is 11.0 Å². The normalized spacial score (nSPS) is 10.5. The molecule has 0 saturated heterocycles. The van der Waals surface area contributed by atoms with Crippen molar-refractivity contribution in [2.24, 2.45) is 0 Å². The summed E-state index contributed by atoms with van der Waals surface area (Å²) in [7, 11) is 0. The Morgan fingerprint density at radius 2 is 1.88 bits per heavy atom. The topological polar surface area (TPSA) is 53.2 Å². The average Bonchev–Trinajstić information content (AvgIpc) is 2.91. The molecule has 4 nitrogen and oxygen atoms in total. The molecule has 0 unspecified atom stereocenters. The Hall–Kier alpha value is -1.86. The van der Waals surface area contributed by atoms with E-state index in [1.165, 1.54) is 11.3 Å². The summed E-state index contributed by atoms with van der Waals surface area (Å²) < 4.78 is 0.889. The summed E-state index contributed by atoms with van der Waals surface area (Å²) in [5.41, 5.74) is 7.15. The van der Waals surface area contributed by atoms with Gasteiger partial charge in [0, 0.05) is 20.8 Å². The lowest BCUT2D eigenvalue weighted by molar-refractivity contribution is 0.0948. The van der Waals surface area contributed by atoms with Crippen molar-refractivity contribution in [3.63, 3.8) is 0 Å². The van der Waals surface area contributed by atoms with E-state index in [-0.39, 0.29) is 11.0 Å². The molecular formula is C17H13Cl2N3OS2. The highest BCUT2D eigenvalue weighted by molar-refractivity contribution is 7.80. The molecule has 2 aromatic carbocycles. The number of fused-ring (bicyclic) bond motifs is 1. The van der Waals surface area contributed by atoms with Gasteiger partial charge in [0.1, 0.15) is 4.88 Å². The molecule has 1 amide bonds. The molecule has 0 bridgehead atoms. The Morgan fingerprint density at radius 3 is 2.64 bits per heavy atom. The molecule has 0 aliphatic carbocycles. The fourth-order valence-electron chi connectivity index (χ4n) is 2.22. The summed E-state index contributed by atoms with van der Waals surface area (Å²) >= 11 is 18.8. The van der Waals surface area contributed by atoms with E-state index in [1.54, 1.807) is 12.1 Å². The Morgan fingerprint density at radius 1 is 1.12 bits per heavy atom. The standard InChI is InChI=1S/C17H13Cl2N3OS2/c1-9-4-2-3-5-12(9)20-17(24)22-21-16(23)15-14(19)11-8-10(18)6-7-13(11)25-15/h2-8H,1H3,(H,21,23)(H2,20,22,24). The number of hydrogen-bond donors (Lipinski definition) is 3. The number of hydrazine groups is 1. The van der Waals surface area contributed by atoms with Crippen LogP contribution in [0.25, 0.3) is 10.1 Å². The Labute approximate surface area is 164 Å². The van der Waals surface area contributed by atoms with Crippen LogP contribution >= 0.6 is 46.8 Å². The average molecular weight is 410 g/mol. The number of anilines is 1. The van der Waals surface area contributed by atoms with Gasteiger partial charge in [-0.1, -0.05) is 41.4 Å². The second-order valence-electron chi connectivity index (χ2n) is 5.23. The van der Waals surface area contributed by atoms with E-state index in [9.17, 15) is 4.79 Å². The number of para-hydroxylation sites is 1. The molecule has 0 aliphatic rings. The lowest BCUT2D eigenvalue weighted by Crippen LogP contribution is -2.43. The predicted octanol–water partition coefficient (Wildman–Crippen LogP) is 5.15. The summed E-state index contributed by atoms with van der Waals surface area (Å²) in [5.74, 6) is -0.365. The number of hydrogen-bond acceptors (Lipinski definition) is 3. The first-order chi connectivity index (χ1) is 12.0. The molecular weight excluding hydrogens is 397 g/mol. The highest BCUT2D eigenvalue weighted by Gasteiger charge is 2.17. The molecule has 25 heavy (non-hydrogen) atoms. The van der Waals surface area contributed by atoms with E-state index in [4.69, 9.17) is 35.4 Å². The number of halogens is 2. The highest BCUT2D eigenvalue weighted by atomic mass is 35.5. The molecule has 0 atom stereocenters. The van der Waals surface area contributed by atoms with Crippen molar-refractivity contribution in [2.45, 2.75) is 6.92 Å². The lowest BCUT2D eigenvalue weighted by Gasteiger charge is -2.12. The monoisotopic (exact) mass is 409 g/mol. The zero-order chi connectivity index (χ0) is 18.0. The number of thiophene rings is 1. The Kier molecular flexibility index (Phi) is 5.44. The number of rotatable bonds is 2. The van der Waals surface area contributed by atoms with Gasteiger partial charge in [0.25, 0.3) is 5.91 Å². The van der Waals surface area contributed by atoms with E-state index < -0.39 is 0 Å². The molecule has 1 aromatic heterocycles. The minimum absolute atomic E-state index is 0.280. The van der Waals surface area contributed by atoms with Gasteiger partial charge in [-0.2, -0.15) is 0 Å². The molecule has 0 fully saturated rings. The zero-order valence-electron chi connectivity index (χ0n) is 13.0. The minimum Gasteiger partial charge on any atom is -0.331 e. The van der Waals surface area contributed by atoms with Crippen LogP contribution in [0.15, 0.2) is 42.5 Å². The summed E-state index contributed by atoms with van der Waals surface area (Å²) in [6.07, 6.45) is 0. The molecule has 0 aliphatic heterocycles. The summed E-state index contributed by atoms with van der Waals surface area (Å²) in [4.78, 5) is 12.8. The van der Waals surface area contributed by atoms with Gasteiger partial charge in [0.2, 0.25) is 0 Å². The van der Waals surface area contributed by atoms with Crippen LogP contribution in [0.2, 0.25) is 10.0 Å². The first-order valence-corrected chi connectivity index (χ1v) is 9.24. The predicted molar refractivity (Wildman–Crippen MR) is 110 cm³/mol. The van der Waals surface area contributed by atoms with Crippen molar-refractivity contribution in [1.82, 2.24) is 10.9 Å². The van der Waals surface area contributed by atoms with Gasteiger partial charge in [-0.05, 0) is 49.0 Å². The van der Waals surface area contributed by atoms with Crippen molar-refractivity contribution >= 4 is 73.5 Å². The van der Waals surface area contributed by atoms with Gasteiger partial charge in [-0.3, -0.25) is 15.6 Å². The van der Waals surface area contributed by atoms with Crippen LogP contribution in [0.1, 0.15) is 15.2 Å². The van der Waals surface area contributed by atoms with E-state index in [2.05, 4.69) is 16.2 Å². The number of carbonyl (C=O) groups excluding carboxylic acids is 1. The van der Waals surface area contributed by atoms with E-state index in [0.29, 0.717) is 14.9 Å². The van der Waals surface area contributed by atoms with E-state index in [1.807, 2.05) is 37.3 Å². The van der Waals surface area contributed by atoms with Crippen LogP contribution in [0.3, 0.4) is 0 Å². The molecule has 128 valence electrons. The first-order valence-electron chi connectivity index (χ1n) is 7.26. The number of amides is 1. The molecule has 1 heterocycles. The molecule has 3 rings (SSSR count). The van der Waals surface area contributed by atoms with Crippen molar-refractivity contribution in [3.8, 4) is 0 Å². The van der Waals surface area contributed by atoms with Crippen molar-refractivity contribution < 1.29 is 4.79 Å². The maximum absolute atomic E-state index is 12.4. The zero-order valence-corrected chi connectivity index (χ0v) is 16.2. The third-order valence-electron chi connectivity index (χ3n) is 3.48. The van der Waals surface area contributed by atoms with Crippen LogP contribution < -0.4 is 16.2 Å². The largest absolute Gasteiger partial charge is 0.331 e. The second kappa shape index (κ2) is 7.58. The van der Waals surface area contributed by atoms with Crippen LogP contribution in [-0.2, 0) is 0 Å². The fourth-order valence-corrected chi connectivity index (χ4v) is 3.94. The van der Waals surface area contributed by atoms with Gasteiger partial charge in [0.05, 0.1) is 5.02 Å². The van der Waals surface area contributed by atoms with E-state index >= 15 is 0 Å². The lowest BCUT2D eigenvalue weighted by atomic mass is 10.2. The minimum atomic E-state index is -0.365. The van der Waals surface area contributed by atoms with Gasteiger partial charge in [0.15, 0.2) is 5.11 Å². The third-order valence-corrected chi connectivity index (χ3v) is 5.59. The molecule has 8 heteroatoms. The first kappa shape index (κ1) is 17.9. The molecule has 0 saturated carbocycles. The number of aryl methyl sites for hydroxylation is 1. The van der Waals surface area contributed by atoms with Crippen LogP contribution in [0, 0.1) is 6.92 Å². The molecule has 3 N–H and O–H groups in total. The van der Waals surface area contributed by atoms with Crippen LogP contribution in [0.5, 0.6) is 0 Å². The smallest absolute Gasteiger partial charge is 0.281 e. The number of benzene rings is 2. The van der Waals surface area contributed by atoms with Crippen molar-refractivity contribution in [3.05, 3.63) is 63.0 Å².